The first-order valence-corrected chi connectivity index (χ1v) is 7.82. The van der Waals surface area contributed by atoms with Crippen molar-refractivity contribution in [2.24, 2.45) is 5.92 Å². The van der Waals surface area contributed by atoms with Crippen molar-refractivity contribution >= 4 is 29.1 Å². The maximum atomic E-state index is 13.6. The topological polar surface area (TPSA) is 32.3 Å². The van der Waals surface area contributed by atoms with Gasteiger partial charge in [-0.1, -0.05) is 37.0 Å². The van der Waals surface area contributed by atoms with Crippen LogP contribution < -0.4 is 5.32 Å². The van der Waals surface area contributed by atoms with E-state index < -0.39 is 5.82 Å². The number of rotatable bonds is 4. The third-order valence-corrected chi connectivity index (χ3v) is 4.14. The van der Waals surface area contributed by atoms with Crippen molar-refractivity contribution in [3.63, 3.8) is 0 Å². The average Bonchev–Trinajstić information content (AvgIpc) is 2.93. The van der Waals surface area contributed by atoms with Gasteiger partial charge in [-0.2, -0.15) is 0 Å². The third-order valence-electron chi connectivity index (χ3n) is 3.54. The minimum atomic E-state index is -0.626. The van der Waals surface area contributed by atoms with Crippen LogP contribution in [0.4, 0.5) is 4.39 Å². The molecule has 1 fully saturated rings. The summed E-state index contributed by atoms with van der Waals surface area (Å²) >= 11 is 11.8. The van der Waals surface area contributed by atoms with Crippen LogP contribution in [0.15, 0.2) is 12.1 Å². The highest BCUT2D eigenvalue weighted by molar-refractivity contribution is 6.36. The third kappa shape index (κ3) is 3.87. The molecule has 1 aliphatic rings. The lowest BCUT2D eigenvalue weighted by Crippen LogP contribution is -2.43. The summed E-state index contributed by atoms with van der Waals surface area (Å²) in [7, 11) is 0. The van der Waals surface area contributed by atoms with E-state index in [1.165, 1.54) is 6.07 Å². The molecule has 116 valence electrons. The molecular weight excluding hydrogens is 314 g/mol. The van der Waals surface area contributed by atoms with Gasteiger partial charge in [0.15, 0.2) is 0 Å². The lowest BCUT2D eigenvalue weighted by atomic mass is 10.1. The molecule has 1 heterocycles. The van der Waals surface area contributed by atoms with E-state index in [-0.39, 0.29) is 27.6 Å². The second kappa shape index (κ2) is 6.95. The van der Waals surface area contributed by atoms with Gasteiger partial charge in [0.25, 0.3) is 5.91 Å². The minimum Gasteiger partial charge on any atom is -0.334 e. The second-order valence-corrected chi connectivity index (χ2v) is 6.56. The van der Waals surface area contributed by atoms with Crippen molar-refractivity contribution < 1.29 is 9.18 Å². The Morgan fingerprint density at radius 3 is 2.71 bits per heavy atom. The summed E-state index contributed by atoms with van der Waals surface area (Å²) in [6.45, 7) is 6.35. The number of hydrogen-bond acceptors (Lipinski definition) is 2. The summed E-state index contributed by atoms with van der Waals surface area (Å²) in [6.07, 6.45) is 0.895. The zero-order chi connectivity index (χ0) is 15.6. The van der Waals surface area contributed by atoms with Gasteiger partial charge in [-0.15, -0.1) is 0 Å². The molecule has 3 nitrogen and oxygen atoms in total. The van der Waals surface area contributed by atoms with E-state index in [0.29, 0.717) is 12.5 Å². The molecule has 1 N–H and O–H groups in total. The molecule has 0 aromatic heterocycles. The van der Waals surface area contributed by atoms with Gasteiger partial charge in [0.05, 0.1) is 15.6 Å². The molecule has 21 heavy (non-hydrogen) atoms. The lowest BCUT2D eigenvalue weighted by Gasteiger charge is -2.30. The van der Waals surface area contributed by atoms with Gasteiger partial charge in [-0.05, 0) is 31.0 Å². The van der Waals surface area contributed by atoms with E-state index in [9.17, 15) is 9.18 Å². The largest absolute Gasteiger partial charge is 0.334 e. The van der Waals surface area contributed by atoms with E-state index >= 15 is 0 Å². The summed E-state index contributed by atoms with van der Waals surface area (Å²) in [5, 5.41) is 3.36. The van der Waals surface area contributed by atoms with Gasteiger partial charge in [0.1, 0.15) is 5.82 Å². The number of benzene rings is 1. The summed E-state index contributed by atoms with van der Waals surface area (Å²) in [6, 6.07) is 2.53. The second-order valence-electron chi connectivity index (χ2n) is 5.74. The van der Waals surface area contributed by atoms with Crippen LogP contribution in [0.2, 0.25) is 10.0 Å². The molecule has 1 saturated heterocycles. The van der Waals surface area contributed by atoms with Crippen LogP contribution in [0.25, 0.3) is 0 Å². The van der Waals surface area contributed by atoms with E-state index in [1.807, 2.05) is 13.8 Å². The lowest BCUT2D eigenvalue weighted by molar-refractivity contribution is 0.0667. The summed E-state index contributed by atoms with van der Waals surface area (Å²) < 4.78 is 13.6. The fourth-order valence-electron chi connectivity index (χ4n) is 2.54. The Kier molecular flexibility index (Phi) is 5.47. The molecule has 0 unspecified atom stereocenters. The number of nitrogens with zero attached hydrogens (tertiary/aromatic N) is 1. The van der Waals surface area contributed by atoms with Crippen LogP contribution in [0.1, 0.15) is 30.6 Å². The molecular formula is C15H19Cl2FN2O. The van der Waals surface area contributed by atoms with Gasteiger partial charge in [0, 0.05) is 19.1 Å². The number of hydrogen-bond donors (Lipinski definition) is 1. The molecule has 2 rings (SSSR count). The first kappa shape index (κ1) is 16.5. The Morgan fingerprint density at radius 1 is 1.43 bits per heavy atom. The fourth-order valence-corrected chi connectivity index (χ4v) is 3.00. The summed E-state index contributed by atoms with van der Waals surface area (Å²) in [5.41, 5.74) is 0.172. The first-order chi connectivity index (χ1) is 9.90. The molecule has 0 aliphatic carbocycles. The highest BCUT2D eigenvalue weighted by atomic mass is 35.5. The van der Waals surface area contributed by atoms with Crippen LogP contribution in [0.5, 0.6) is 0 Å². The summed E-state index contributed by atoms with van der Waals surface area (Å²) in [4.78, 5) is 14.5. The van der Waals surface area contributed by atoms with Gasteiger partial charge in [0.2, 0.25) is 0 Å². The van der Waals surface area contributed by atoms with Gasteiger partial charge in [-0.3, -0.25) is 4.79 Å². The Balaban J connectivity index is 2.31. The molecule has 1 amide bonds. The number of carbonyl (C=O) groups is 1. The smallest absolute Gasteiger partial charge is 0.255 e. The van der Waals surface area contributed by atoms with E-state index in [0.717, 1.165) is 25.6 Å². The molecule has 1 aromatic rings. The van der Waals surface area contributed by atoms with Crippen molar-refractivity contribution in [1.82, 2.24) is 10.2 Å². The van der Waals surface area contributed by atoms with Crippen molar-refractivity contribution in [3.8, 4) is 0 Å². The molecule has 1 aliphatic heterocycles. The molecule has 0 bridgehead atoms. The van der Waals surface area contributed by atoms with Crippen LogP contribution in [0.3, 0.4) is 0 Å². The molecule has 1 atom stereocenters. The normalized spacial score (nSPS) is 18.3. The maximum absolute atomic E-state index is 13.6. The van der Waals surface area contributed by atoms with E-state index in [2.05, 4.69) is 5.32 Å². The maximum Gasteiger partial charge on any atom is 0.255 e. The SMILES string of the molecule is CC(C)CN(C(=O)c1cc(F)c(Cl)cc1Cl)[C@H]1CCNC1. The van der Waals surface area contributed by atoms with Crippen molar-refractivity contribution in [2.75, 3.05) is 19.6 Å². The molecule has 6 heteroatoms. The molecule has 0 radical (unpaired) electrons. The average molecular weight is 333 g/mol. The highest BCUT2D eigenvalue weighted by Crippen LogP contribution is 2.26. The van der Waals surface area contributed by atoms with E-state index in [4.69, 9.17) is 23.2 Å². The van der Waals surface area contributed by atoms with Gasteiger partial charge >= 0.3 is 0 Å². The zero-order valence-corrected chi connectivity index (χ0v) is 13.6. The van der Waals surface area contributed by atoms with Gasteiger partial charge < -0.3 is 10.2 Å². The predicted octanol–water partition coefficient (Wildman–Crippen LogP) is 3.59. The van der Waals surface area contributed by atoms with Crippen LogP contribution >= 0.6 is 23.2 Å². The summed E-state index contributed by atoms with van der Waals surface area (Å²) in [5.74, 6) is -0.540. The highest BCUT2D eigenvalue weighted by Gasteiger charge is 2.29. The van der Waals surface area contributed by atoms with Crippen LogP contribution in [0, 0.1) is 11.7 Å². The number of halogens is 3. The van der Waals surface area contributed by atoms with E-state index in [1.54, 1.807) is 4.90 Å². The number of nitrogens with one attached hydrogen (secondary N) is 1. The Labute approximate surface area is 134 Å². The molecule has 0 saturated carbocycles. The molecule has 1 aromatic carbocycles. The van der Waals surface area contributed by atoms with Crippen LogP contribution in [-0.2, 0) is 0 Å². The fraction of sp³-hybridized carbons (Fsp3) is 0.533. The number of carbonyl (C=O) groups excluding carboxylic acids is 1. The zero-order valence-electron chi connectivity index (χ0n) is 12.1. The Morgan fingerprint density at radius 2 is 2.14 bits per heavy atom. The minimum absolute atomic E-state index is 0.0745. The van der Waals surface area contributed by atoms with Crippen molar-refractivity contribution in [3.05, 3.63) is 33.6 Å². The van der Waals surface area contributed by atoms with Crippen molar-refractivity contribution in [1.29, 1.82) is 0 Å². The number of amides is 1. The quantitative estimate of drug-likeness (QED) is 0.854. The standard InChI is InChI=1S/C15H19Cl2FN2O/c1-9(2)8-20(10-3-4-19-7-10)15(21)11-5-14(18)13(17)6-12(11)16/h5-6,9-10,19H,3-4,7-8H2,1-2H3/t10-/m0/s1. The van der Waals surface area contributed by atoms with Crippen molar-refractivity contribution in [2.45, 2.75) is 26.3 Å². The van der Waals surface area contributed by atoms with Crippen LogP contribution in [-0.4, -0.2) is 36.5 Å². The first-order valence-electron chi connectivity index (χ1n) is 7.06. The Bertz CT molecular complexity index is 531. The monoisotopic (exact) mass is 332 g/mol. The predicted molar refractivity (Wildman–Crippen MR) is 83.6 cm³/mol. The Hall–Kier alpha value is -0.840. The van der Waals surface area contributed by atoms with Gasteiger partial charge in [-0.25, -0.2) is 4.39 Å². The molecule has 0 spiro atoms.